The molecule has 1 aromatic carbocycles. The van der Waals surface area contributed by atoms with Crippen molar-refractivity contribution in [3.8, 4) is 0 Å². The van der Waals surface area contributed by atoms with Crippen LogP contribution in [0.5, 0.6) is 0 Å². The van der Waals surface area contributed by atoms with E-state index in [4.69, 9.17) is 68.1 Å². The van der Waals surface area contributed by atoms with Gasteiger partial charge in [-0.05, 0) is 23.7 Å². The van der Waals surface area contributed by atoms with Gasteiger partial charge in [0.25, 0.3) is 0 Å². The van der Waals surface area contributed by atoms with E-state index in [1.165, 1.54) is 27.6 Å². The number of anilines is 1. The van der Waals surface area contributed by atoms with Crippen LogP contribution in [0.25, 0.3) is 22.2 Å². The second kappa shape index (κ2) is 11.8. The molecule has 3 aliphatic rings. The maximum absolute atomic E-state index is 13.2. The van der Waals surface area contributed by atoms with Gasteiger partial charge in [0.2, 0.25) is 5.28 Å². The summed E-state index contributed by atoms with van der Waals surface area (Å²) in [5, 5.41) is 22.4. The zero-order valence-electron chi connectivity index (χ0n) is 22.7. The van der Waals surface area contributed by atoms with E-state index < -0.39 is 77.9 Å². The molecule has 10 atom stereocenters. The van der Waals surface area contributed by atoms with Crippen LogP contribution >= 0.6 is 50.4 Å². The Bertz CT molecular complexity index is 1930. The molecular weight excluding hydrogens is 723 g/mol. The van der Waals surface area contributed by atoms with Crippen LogP contribution in [0.3, 0.4) is 0 Å². The molecule has 0 saturated carbocycles. The lowest BCUT2D eigenvalue weighted by molar-refractivity contribution is -0.0671. The smallest absolute Gasteiger partial charge is 0.387 e. The number of halogens is 3. The van der Waals surface area contributed by atoms with Gasteiger partial charge in [-0.2, -0.15) is 0 Å². The number of hydrogen-bond donors (Lipinski definition) is 5. The molecule has 6 heterocycles. The molecule has 2 bridgehead atoms. The van der Waals surface area contributed by atoms with Crippen molar-refractivity contribution in [3.63, 3.8) is 0 Å². The molecule has 6 N–H and O–H groups in total. The van der Waals surface area contributed by atoms with Gasteiger partial charge in [0, 0.05) is 0 Å². The molecule has 7 rings (SSSR count). The summed E-state index contributed by atoms with van der Waals surface area (Å²) in [6.45, 7) is -1.61. The first-order chi connectivity index (χ1) is 21.7. The van der Waals surface area contributed by atoms with Gasteiger partial charge in [0.1, 0.15) is 48.5 Å². The predicted octanol–water partition coefficient (Wildman–Crippen LogP) is 1.95. The van der Waals surface area contributed by atoms with Crippen LogP contribution in [0.1, 0.15) is 12.5 Å². The molecular formula is C22H22Cl3N7O12P2. The summed E-state index contributed by atoms with van der Waals surface area (Å²) < 4.78 is 61.6. The van der Waals surface area contributed by atoms with Crippen molar-refractivity contribution in [2.24, 2.45) is 0 Å². The highest BCUT2D eigenvalue weighted by Crippen LogP contribution is 2.54. The van der Waals surface area contributed by atoms with Crippen LogP contribution < -0.4 is 5.73 Å². The SMILES string of the molecule is Nc1ncnc2c1ncn2C1OC2COP(=O)(O)OC3C(COP(=O)(O)OC1C2O)OC(n1c(Cl)nc2cc(Cl)c(Cl)cc21)C3O. The molecule has 10 unspecified atom stereocenters. The molecule has 3 aromatic heterocycles. The largest absolute Gasteiger partial charge is 0.472 e. The third-order valence-corrected chi connectivity index (χ3v) is 10.5. The molecule has 0 amide bonds. The summed E-state index contributed by atoms with van der Waals surface area (Å²) in [6.07, 6.45) is -10.2. The highest BCUT2D eigenvalue weighted by atomic mass is 35.5. The number of aliphatic hydroxyl groups excluding tert-OH is 2. The van der Waals surface area contributed by atoms with Crippen LogP contribution in [-0.2, 0) is 36.7 Å². The summed E-state index contributed by atoms with van der Waals surface area (Å²) in [6, 6.07) is 2.84. The quantitative estimate of drug-likeness (QED) is 0.184. The number of fused-ring (bicyclic) bond motifs is 5. The topological polar surface area (TPSA) is 258 Å². The van der Waals surface area contributed by atoms with E-state index >= 15 is 0 Å². The molecule has 24 heteroatoms. The van der Waals surface area contributed by atoms with Gasteiger partial charge in [-0.15, -0.1) is 0 Å². The second-order valence-corrected chi connectivity index (χ2v) is 14.3. The monoisotopic (exact) mass is 743 g/mol. The highest BCUT2D eigenvalue weighted by molar-refractivity contribution is 7.47. The highest BCUT2D eigenvalue weighted by Gasteiger charge is 2.54. The number of hydrogen-bond acceptors (Lipinski definition) is 15. The summed E-state index contributed by atoms with van der Waals surface area (Å²) in [5.41, 5.74) is 6.70. The summed E-state index contributed by atoms with van der Waals surface area (Å²) in [7, 11) is -10.2. The molecule has 0 radical (unpaired) electrons. The Morgan fingerprint density at radius 3 is 2.26 bits per heavy atom. The number of aromatic nitrogens is 6. The lowest BCUT2D eigenvalue weighted by Crippen LogP contribution is -2.36. The number of nitrogens with zero attached hydrogens (tertiary/aromatic N) is 6. The van der Waals surface area contributed by atoms with Crippen LogP contribution in [0.15, 0.2) is 24.8 Å². The number of nitrogen functional groups attached to an aromatic ring is 1. The van der Waals surface area contributed by atoms with Gasteiger partial charge >= 0.3 is 15.6 Å². The number of benzene rings is 1. The van der Waals surface area contributed by atoms with Crippen molar-refractivity contribution in [2.45, 2.75) is 49.1 Å². The molecule has 3 saturated heterocycles. The maximum atomic E-state index is 13.2. The summed E-state index contributed by atoms with van der Waals surface area (Å²) >= 11 is 18.6. The minimum Gasteiger partial charge on any atom is -0.387 e. The Hall–Kier alpha value is -2.03. The molecule has 0 spiro atoms. The van der Waals surface area contributed by atoms with Gasteiger partial charge in [-0.1, -0.05) is 23.2 Å². The standard InChI is InChI=1S/C22H22Cl3N7O12P2/c23-7-1-9-10(2-8(7)24)32(22(25)30-9)20-15(34)16-12(42-20)4-40-46(37,38)44-17-14(33)11(3-39-45(35,36)43-16)41-21(17)31-6-29-13-18(26)27-5-28-19(13)31/h1-2,5-6,11-12,14-17,20-21,33-34H,3-4H2,(H,35,36)(H,37,38)(H2,26,27,28). The summed E-state index contributed by atoms with van der Waals surface area (Å²) in [5.74, 6) is 0.0276. The van der Waals surface area contributed by atoms with Crippen LogP contribution in [0.2, 0.25) is 15.3 Å². The van der Waals surface area contributed by atoms with Gasteiger partial charge in [0.05, 0.1) is 40.6 Å². The molecule has 19 nitrogen and oxygen atoms in total. The van der Waals surface area contributed by atoms with E-state index in [-0.39, 0.29) is 43.3 Å². The van der Waals surface area contributed by atoms with Gasteiger partial charge < -0.3 is 35.2 Å². The van der Waals surface area contributed by atoms with E-state index in [9.17, 15) is 29.1 Å². The fraction of sp³-hybridized carbons (Fsp3) is 0.455. The van der Waals surface area contributed by atoms with Gasteiger partial charge in [-0.3, -0.25) is 27.2 Å². The van der Waals surface area contributed by atoms with Gasteiger partial charge in [0.15, 0.2) is 23.9 Å². The van der Waals surface area contributed by atoms with Crippen LogP contribution in [0.4, 0.5) is 5.82 Å². The predicted molar refractivity (Wildman–Crippen MR) is 156 cm³/mol. The Labute approximate surface area is 271 Å². The van der Waals surface area contributed by atoms with Gasteiger partial charge in [-0.25, -0.2) is 29.1 Å². The van der Waals surface area contributed by atoms with Crippen LogP contribution in [-0.4, -0.2) is 98.9 Å². The summed E-state index contributed by atoms with van der Waals surface area (Å²) in [4.78, 5) is 37.6. The fourth-order valence-corrected chi connectivity index (χ4v) is 7.94. The van der Waals surface area contributed by atoms with E-state index in [2.05, 4.69) is 19.9 Å². The molecule has 0 aliphatic carbocycles. The van der Waals surface area contributed by atoms with Crippen LogP contribution in [0, 0.1) is 0 Å². The third kappa shape index (κ3) is 5.72. The average molecular weight is 745 g/mol. The number of rotatable bonds is 2. The first kappa shape index (κ1) is 32.5. The maximum Gasteiger partial charge on any atom is 0.472 e. The minimum atomic E-state index is -5.08. The van der Waals surface area contributed by atoms with Crippen molar-refractivity contribution in [1.29, 1.82) is 0 Å². The zero-order chi connectivity index (χ0) is 32.7. The molecule has 248 valence electrons. The van der Waals surface area contributed by atoms with Crippen molar-refractivity contribution in [2.75, 3.05) is 18.9 Å². The number of ether oxygens (including phenoxy) is 2. The van der Waals surface area contributed by atoms with Crippen molar-refractivity contribution in [3.05, 3.63) is 40.1 Å². The van der Waals surface area contributed by atoms with E-state index in [0.29, 0.717) is 0 Å². The van der Waals surface area contributed by atoms with Crippen molar-refractivity contribution < 1.29 is 56.7 Å². The first-order valence-electron chi connectivity index (χ1n) is 13.2. The zero-order valence-corrected chi connectivity index (χ0v) is 26.7. The van der Waals surface area contributed by atoms with Crippen molar-refractivity contribution in [1.82, 2.24) is 29.1 Å². The average Bonchev–Trinajstić information content (AvgIpc) is 3.71. The van der Waals surface area contributed by atoms with E-state index in [1.807, 2.05) is 0 Å². The fourth-order valence-electron chi connectivity index (χ4n) is 5.45. The molecule has 46 heavy (non-hydrogen) atoms. The van der Waals surface area contributed by atoms with E-state index in [1.54, 1.807) is 0 Å². The third-order valence-electron chi connectivity index (χ3n) is 7.54. The minimum absolute atomic E-state index is 0.0276. The second-order valence-electron chi connectivity index (χ2n) is 10.4. The van der Waals surface area contributed by atoms with E-state index in [0.717, 1.165) is 6.33 Å². The number of phosphoric ester groups is 2. The number of phosphoric acid groups is 2. The molecule has 4 aromatic rings. The molecule has 3 fully saturated rings. The Kier molecular flexibility index (Phi) is 8.37. The Morgan fingerprint density at radius 1 is 0.870 bits per heavy atom. The molecule has 3 aliphatic heterocycles. The number of imidazole rings is 2. The van der Waals surface area contributed by atoms with Crippen molar-refractivity contribution >= 4 is 78.5 Å². The first-order valence-corrected chi connectivity index (χ1v) is 17.3. The number of aliphatic hydroxyl groups is 2. The Balaban J connectivity index is 1.21. The lowest BCUT2D eigenvalue weighted by atomic mass is 10.1. The number of nitrogens with two attached hydrogens (primary N) is 1. The normalized spacial score (nSPS) is 37.2. The lowest BCUT2D eigenvalue weighted by Gasteiger charge is -2.25. The Morgan fingerprint density at radius 2 is 1.52 bits per heavy atom.